The Labute approximate surface area is 124 Å². The smallest absolute Gasteiger partial charge is 0.303 e. The van der Waals surface area contributed by atoms with Crippen LogP contribution in [0, 0.1) is 0 Å². The minimum Gasteiger partial charge on any atom is -0.481 e. The van der Waals surface area contributed by atoms with Gasteiger partial charge in [0, 0.05) is 11.9 Å². The van der Waals surface area contributed by atoms with Crippen LogP contribution in [0.5, 0.6) is 0 Å². The molecule has 1 rings (SSSR count). The second-order valence-corrected chi connectivity index (χ2v) is 7.45. The summed E-state index contributed by atoms with van der Waals surface area (Å²) in [4.78, 5) is 22.4. The molecule has 1 aromatic carbocycles. The number of nitrogens with one attached hydrogen (secondary N) is 1. The van der Waals surface area contributed by atoms with E-state index in [1.165, 1.54) is 6.92 Å². The third-order valence-electron chi connectivity index (χ3n) is 3.24. The molecule has 0 saturated heterocycles. The highest BCUT2D eigenvalue weighted by atomic mass is 32.2. The molecule has 2 unspecified atom stereocenters. The molecule has 0 aliphatic rings. The molecule has 0 aromatic heterocycles. The zero-order valence-electron chi connectivity index (χ0n) is 12.2. The van der Waals surface area contributed by atoms with Crippen molar-refractivity contribution in [2.75, 3.05) is 11.6 Å². The maximum atomic E-state index is 11.8. The van der Waals surface area contributed by atoms with E-state index < -0.39 is 27.0 Å². The number of amides is 1. The van der Waals surface area contributed by atoms with Crippen LogP contribution in [0.3, 0.4) is 0 Å². The Hall–Kier alpha value is -1.89. The van der Waals surface area contributed by atoms with Gasteiger partial charge in [-0.05, 0) is 30.5 Å². The van der Waals surface area contributed by atoms with Crippen LogP contribution >= 0.6 is 0 Å². The molecular formula is C14H19NO5S. The molecule has 0 radical (unpaired) electrons. The summed E-state index contributed by atoms with van der Waals surface area (Å²) in [5.41, 5.74) is 1.31. The summed E-state index contributed by atoms with van der Waals surface area (Å²) < 4.78 is 22.6. The first-order valence-electron chi connectivity index (χ1n) is 6.42. The summed E-state index contributed by atoms with van der Waals surface area (Å²) in [6.45, 7) is 3.13. The Bertz CT molecular complexity index is 621. The Balaban J connectivity index is 2.75. The van der Waals surface area contributed by atoms with Crippen LogP contribution in [-0.4, -0.2) is 36.9 Å². The van der Waals surface area contributed by atoms with E-state index in [-0.39, 0.29) is 12.3 Å². The molecule has 1 aromatic rings. The summed E-state index contributed by atoms with van der Waals surface area (Å²) in [5, 5.41) is 10.1. The van der Waals surface area contributed by atoms with Crippen molar-refractivity contribution in [3.05, 3.63) is 29.8 Å². The number of carbonyl (C=O) groups excluding carboxylic acids is 1. The van der Waals surface area contributed by atoms with Crippen molar-refractivity contribution < 1.29 is 23.1 Å². The van der Waals surface area contributed by atoms with Crippen LogP contribution in [0.2, 0.25) is 0 Å². The molecule has 0 bridgehead atoms. The highest BCUT2D eigenvalue weighted by Crippen LogP contribution is 2.21. The molecule has 2 N–H and O–H groups in total. The lowest BCUT2D eigenvalue weighted by atomic mass is 9.98. The Kier molecular flexibility index (Phi) is 5.48. The molecule has 116 valence electrons. The van der Waals surface area contributed by atoms with Gasteiger partial charge in [-0.3, -0.25) is 9.59 Å². The number of benzene rings is 1. The first kappa shape index (κ1) is 17.2. The lowest BCUT2D eigenvalue weighted by Crippen LogP contribution is -2.31. The third-order valence-corrected chi connectivity index (χ3v) is 4.74. The number of sulfone groups is 1. The van der Waals surface area contributed by atoms with Gasteiger partial charge in [0.1, 0.15) is 5.25 Å². The van der Waals surface area contributed by atoms with Gasteiger partial charge in [-0.25, -0.2) is 8.42 Å². The molecule has 0 fully saturated rings. The second kappa shape index (κ2) is 6.71. The van der Waals surface area contributed by atoms with Crippen molar-refractivity contribution in [3.63, 3.8) is 0 Å². The van der Waals surface area contributed by atoms with E-state index in [4.69, 9.17) is 5.11 Å². The standard InChI is InChI=1S/C14H19NO5S/c1-9(8-13(16)17)11-4-6-12(7-5-11)15-14(18)10(2)21(3,19)20/h4-7,9-10H,8H2,1-3H3,(H,15,18)(H,16,17). The van der Waals surface area contributed by atoms with Gasteiger partial charge in [0.15, 0.2) is 9.84 Å². The largest absolute Gasteiger partial charge is 0.481 e. The van der Waals surface area contributed by atoms with E-state index in [9.17, 15) is 18.0 Å². The number of aliphatic carboxylic acids is 1. The van der Waals surface area contributed by atoms with E-state index in [1.807, 2.05) is 0 Å². The van der Waals surface area contributed by atoms with Crippen LogP contribution in [-0.2, 0) is 19.4 Å². The zero-order chi connectivity index (χ0) is 16.2. The van der Waals surface area contributed by atoms with Gasteiger partial charge in [0.05, 0.1) is 6.42 Å². The maximum absolute atomic E-state index is 11.8. The molecule has 0 spiro atoms. The van der Waals surface area contributed by atoms with E-state index in [0.717, 1.165) is 11.8 Å². The number of carbonyl (C=O) groups is 2. The summed E-state index contributed by atoms with van der Waals surface area (Å²) in [7, 11) is -3.43. The van der Waals surface area contributed by atoms with Crippen LogP contribution in [0.4, 0.5) is 5.69 Å². The number of hydrogen-bond donors (Lipinski definition) is 2. The SMILES string of the molecule is CC(CC(=O)O)c1ccc(NC(=O)C(C)S(C)(=O)=O)cc1. The molecule has 0 saturated carbocycles. The van der Waals surface area contributed by atoms with Crippen LogP contribution < -0.4 is 5.32 Å². The van der Waals surface area contributed by atoms with Crippen LogP contribution in [0.1, 0.15) is 31.7 Å². The summed E-state index contributed by atoms with van der Waals surface area (Å²) in [6, 6.07) is 6.68. The molecule has 1 amide bonds. The molecule has 7 heteroatoms. The van der Waals surface area contributed by atoms with Gasteiger partial charge < -0.3 is 10.4 Å². The van der Waals surface area contributed by atoms with Gasteiger partial charge in [-0.15, -0.1) is 0 Å². The molecule has 0 heterocycles. The highest BCUT2D eigenvalue weighted by Gasteiger charge is 2.23. The van der Waals surface area contributed by atoms with E-state index in [0.29, 0.717) is 5.69 Å². The van der Waals surface area contributed by atoms with Gasteiger partial charge in [-0.1, -0.05) is 19.1 Å². The zero-order valence-corrected chi connectivity index (χ0v) is 13.0. The fourth-order valence-corrected chi connectivity index (χ4v) is 2.16. The quantitative estimate of drug-likeness (QED) is 0.831. The third kappa shape index (κ3) is 5.18. The maximum Gasteiger partial charge on any atom is 0.303 e. The summed E-state index contributed by atoms with van der Waals surface area (Å²) in [6.07, 6.45) is 1.03. The number of carboxylic acid groups (broad SMARTS) is 1. The number of carboxylic acids is 1. The highest BCUT2D eigenvalue weighted by molar-refractivity contribution is 7.92. The van der Waals surface area contributed by atoms with Crippen molar-refractivity contribution in [3.8, 4) is 0 Å². The number of hydrogen-bond acceptors (Lipinski definition) is 4. The van der Waals surface area contributed by atoms with Gasteiger partial charge in [0.2, 0.25) is 5.91 Å². The molecular weight excluding hydrogens is 294 g/mol. The minimum atomic E-state index is -3.43. The normalized spacial score (nSPS) is 14.2. The monoisotopic (exact) mass is 313 g/mol. The summed E-state index contributed by atoms with van der Waals surface area (Å²) in [5.74, 6) is -1.60. The lowest BCUT2D eigenvalue weighted by molar-refractivity contribution is -0.137. The minimum absolute atomic E-state index is 0.0246. The molecule has 0 aliphatic carbocycles. The van der Waals surface area contributed by atoms with Crippen molar-refractivity contribution in [2.45, 2.75) is 31.4 Å². The van der Waals surface area contributed by atoms with E-state index in [1.54, 1.807) is 31.2 Å². The molecule has 21 heavy (non-hydrogen) atoms. The van der Waals surface area contributed by atoms with Crippen LogP contribution in [0.15, 0.2) is 24.3 Å². The first-order valence-corrected chi connectivity index (χ1v) is 8.38. The van der Waals surface area contributed by atoms with Crippen molar-refractivity contribution in [2.24, 2.45) is 0 Å². The lowest BCUT2D eigenvalue weighted by Gasteiger charge is -2.12. The fraction of sp³-hybridized carbons (Fsp3) is 0.429. The van der Waals surface area contributed by atoms with Crippen LogP contribution in [0.25, 0.3) is 0 Å². The number of rotatable bonds is 6. The van der Waals surface area contributed by atoms with Gasteiger partial charge in [0.25, 0.3) is 0 Å². The molecule has 0 aliphatic heterocycles. The molecule has 2 atom stereocenters. The van der Waals surface area contributed by atoms with Gasteiger partial charge >= 0.3 is 5.97 Å². The second-order valence-electron chi connectivity index (χ2n) is 5.08. The predicted octanol–water partition coefficient (Wildman–Crippen LogP) is 1.64. The van der Waals surface area contributed by atoms with E-state index >= 15 is 0 Å². The van der Waals surface area contributed by atoms with E-state index in [2.05, 4.69) is 5.32 Å². The Morgan fingerprint density at radius 1 is 1.19 bits per heavy atom. The first-order chi connectivity index (χ1) is 9.61. The van der Waals surface area contributed by atoms with Crippen molar-refractivity contribution in [1.29, 1.82) is 0 Å². The van der Waals surface area contributed by atoms with Crippen molar-refractivity contribution in [1.82, 2.24) is 0 Å². The van der Waals surface area contributed by atoms with Gasteiger partial charge in [-0.2, -0.15) is 0 Å². The average molecular weight is 313 g/mol. The Morgan fingerprint density at radius 3 is 2.14 bits per heavy atom. The fourth-order valence-electron chi connectivity index (χ4n) is 1.71. The topological polar surface area (TPSA) is 101 Å². The Morgan fingerprint density at radius 2 is 1.71 bits per heavy atom. The van der Waals surface area contributed by atoms with Crippen molar-refractivity contribution >= 4 is 27.4 Å². The molecule has 6 nitrogen and oxygen atoms in total. The number of anilines is 1. The summed E-state index contributed by atoms with van der Waals surface area (Å²) >= 11 is 0. The average Bonchev–Trinajstić information content (AvgIpc) is 2.36. The predicted molar refractivity (Wildman–Crippen MR) is 80.0 cm³/mol.